The van der Waals surface area contributed by atoms with Crippen molar-refractivity contribution in [2.45, 2.75) is 42.2 Å². The molecule has 214 valence electrons. The molecule has 2 fully saturated rings. The molecule has 8 rings (SSSR count). The fourth-order valence-electron chi connectivity index (χ4n) is 8.41. The second kappa shape index (κ2) is 10.9. The predicted octanol–water partition coefficient (Wildman–Crippen LogP) is 10.6. The topological polar surface area (TPSA) is 0 Å². The van der Waals surface area contributed by atoms with Gasteiger partial charge in [-0.05, 0) is 0 Å². The zero-order valence-electron chi connectivity index (χ0n) is 24.6. The van der Waals surface area contributed by atoms with E-state index < -0.39 is 17.4 Å². The second-order valence-electron chi connectivity index (χ2n) is 14.0. The summed E-state index contributed by atoms with van der Waals surface area (Å²) in [4.78, 5) is 0. The summed E-state index contributed by atoms with van der Waals surface area (Å²) < 4.78 is 6.89. The van der Waals surface area contributed by atoms with E-state index in [-0.39, 0.29) is 24.8 Å². The molecule has 2 saturated carbocycles. The van der Waals surface area contributed by atoms with Gasteiger partial charge in [-0.3, -0.25) is 0 Å². The van der Waals surface area contributed by atoms with Gasteiger partial charge in [0, 0.05) is 0 Å². The molecule has 0 saturated heterocycles. The molecule has 0 aromatic heterocycles. The number of benzene rings is 4. The van der Waals surface area contributed by atoms with Crippen molar-refractivity contribution in [3.63, 3.8) is 0 Å². The van der Waals surface area contributed by atoms with Crippen molar-refractivity contribution in [1.29, 1.82) is 0 Å². The van der Waals surface area contributed by atoms with Crippen molar-refractivity contribution < 1.29 is 17.4 Å². The van der Waals surface area contributed by atoms with Crippen LogP contribution in [0, 0.1) is 11.8 Å². The Morgan fingerprint density at radius 3 is 1.26 bits per heavy atom. The average Bonchev–Trinajstić information content (AvgIpc) is 3.91. The Hall–Kier alpha value is -1.96. The van der Waals surface area contributed by atoms with E-state index >= 15 is 0 Å². The summed E-state index contributed by atoms with van der Waals surface area (Å²) in [6, 6.07) is 36.6. The molecular weight excluding hydrogens is 647 g/mol. The summed E-state index contributed by atoms with van der Waals surface area (Å²) in [6.45, 7) is 2.52. The zero-order chi connectivity index (χ0) is 27.1. The Bertz CT molecular complexity index is 1660. The van der Waals surface area contributed by atoms with E-state index in [1.807, 2.05) is 0 Å². The molecule has 2 atom stereocenters. The van der Waals surface area contributed by atoms with Gasteiger partial charge in [-0.25, -0.2) is 0 Å². The molecule has 4 aromatic carbocycles. The van der Waals surface area contributed by atoms with Crippen LogP contribution in [-0.2, 0) is 17.4 Å². The van der Waals surface area contributed by atoms with Crippen molar-refractivity contribution in [3.05, 3.63) is 130 Å². The first-order valence-electron chi connectivity index (χ1n) is 15.3. The minimum atomic E-state index is -3.58. The number of hydrogen-bond donors (Lipinski definition) is 0. The second-order valence-corrected chi connectivity index (χ2v) is 44.5. The molecule has 0 nitrogen and oxygen atoms in total. The molecule has 4 aliphatic rings. The number of fused-ring (bicyclic) bond motifs is 2. The van der Waals surface area contributed by atoms with Gasteiger partial charge in [-0.1, -0.05) is 0 Å². The van der Waals surface area contributed by atoms with Crippen LogP contribution in [0.5, 0.6) is 0 Å². The summed E-state index contributed by atoms with van der Waals surface area (Å²) in [5, 5.41) is 0. The molecule has 4 aromatic rings. The van der Waals surface area contributed by atoms with Gasteiger partial charge < -0.3 is 0 Å². The van der Waals surface area contributed by atoms with E-state index in [4.69, 9.17) is 0 Å². The normalized spacial score (nSPS) is 20.9. The number of rotatable bonds is 6. The maximum absolute atomic E-state index is 3.58. The predicted molar refractivity (Wildman–Crippen MR) is 185 cm³/mol. The summed E-state index contributed by atoms with van der Waals surface area (Å²) in [5.41, 5.74) is 15.4. The Balaban J connectivity index is 0.00000158. The average molecular weight is 687 g/mol. The zero-order valence-corrected chi connectivity index (χ0v) is 30.1. The molecule has 0 heterocycles. The van der Waals surface area contributed by atoms with E-state index in [0.717, 1.165) is 11.8 Å². The number of allylic oxidation sites excluding steroid dienone is 2. The summed E-state index contributed by atoms with van der Waals surface area (Å²) in [5.74, 6) is 1.56. The van der Waals surface area contributed by atoms with Crippen LogP contribution in [0.15, 0.2) is 108 Å². The molecule has 0 aliphatic heterocycles. The van der Waals surface area contributed by atoms with E-state index in [1.54, 1.807) is 22.3 Å². The van der Waals surface area contributed by atoms with E-state index in [1.165, 1.54) is 59.1 Å². The Morgan fingerprint density at radius 2 is 0.905 bits per heavy atom. The molecule has 4 aliphatic carbocycles. The Labute approximate surface area is 266 Å². The first-order chi connectivity index (χ1) is 19.4. The van der Waals surface area contributed by atoms with Crippen LogP contribution in [0.2, 0.25) is 9.26 Å². The molecule has 0 radical (unpaired) electrons. The first-order valence-corrected chi connectivity index (χ1v) is 28.9. The van der Waals surface area contributed by atoms with Crippen molar-refractivity contribution in [2.24, 2.45) is 11.8 Å². The quantitative estimate of drug-likeness (QED) is 0.177. The van der Waals surface area contributed by atoms with Crippen LogP contribution >= 0.6 is 24.8 Å². The van der Waals surface area contributed by atoms with Crippen LogP contribution < -0.4 is 0 Å². The standard InChI is InChI=1S/2C18H15.2CH3.2ClH.H2Si.Zr/c2*1-2-5-14(6-3-1)17-8-4-7-15-11-16(12-18(15)17)13-9-10-13;;;;;;/h2*1-8,11-13H,9-10H2;2*1H3;2*1H;1H2;. The fraction of sp³-hybridized carbons (Fsp3) is 0.263. The van der Waals surface area contributed by atoms with Crippen molar-refractivity contribution in [2.75, 3.05) is 0 Å². The van der Waals surface area contributed by atoms with Gasteiger partial charge in [-0.15, -0.1) is 24.8 Å². The molecule has 0 bridgehead atoms. The SMILES string of the molecule is Cl.Cl.[CH3][Zr]([CH3])(=[SiH2])([CH]1C(C2CC2)=Cc2c(-c3ccccc3)cccc21)[CH]1C(C2CC2)=Cc2c(-c3ccccc3)cccc21. The van der Waals surface area contributed by atoms with E-state index in [0.29, 0.717) is 7.25 Å². The Kier molecular flexibility index (Phi) is 7.80. The van der Waals surface area contributed by atoms with Crippen LogP contribution in [0.25, 0.3) is 34.4 Å². The van der Waals surface area contributed by atoms with Crippen LogP contribution in [0.4, 0.5) is 0 Å². The molecule has 0 spiro atoms. The first kappa shape index (κ1) is 30.1. The molecule has 4 heteroatoms. The molecule has 0 N–H and O–H groups in total. The third-order valence-electron chi connectivity index (χ3n) is 10.4. The molecule has 42 heavy (non-hydrogen) atoms. The minimum absolute atomic E-state index is 0. The summed E-state index contributed by atoms with van der Waals surface area (Å²) in [6.07, 6.45) is 10.8. The van der Waals surface area contributed by atoms with Crippen molar-refractivity contribution >= 4 is 43.8 Å². The van der Waals surface area contributed by atoms with E-state index in [9.17, 15) is 0 Å². The number of hydrogen-bond acceptors (Lipinski definition) is 0. The van der Waals surface area contributed by atoms with Gasteiger partial charge in [0.05, 0.1) is 0 Å². The Morgan fingerprint density at radius 1 is 0.524 bits per heavy atom. The monoisotopic (exact) mass is 684 g/mol. The van der Waals surface area contributed by atoms with Gasteiger partial charge >= 0.3 is 243 Å². The van der Waals surface area contributed by atoms with Gasteiger partial charge in [0.15, 0.2) is 0 Å². The van der Waals surface area contributed by atoms with Crippen LogP contribution in [0.1, 0.15) is 55.2 Å². The van der Waals surface area contributed by atoms with Crippen LogP contribution in [0.3, 0.4) is 0 Å². The third-order valence-corrected chi connectivity index (χ3v) is 27.7. The third kappa shape index (κ3) is 4.82. The summed E-state index contributed by atoms with van der Waals surface area (Å²) >= 11 is -3.58. The van der Waals surface area contributed by atoms with Crippen molar-refractivity contribution in [1.82, 2.24) is 0 Å². The molecule has 0 amide bonds. The fourth-order valence-corrected chi connectivity index (χ4v) is 27.8. The van der Waals surface area contributed by atoms with Gasteiger partial charge in [0.25, 0.3) is 0 Å². The molecular formula is C38H40Cl2SiZr. The van der Waals surface area contributed by atoms with Gasteiger partial charge in [0.2, 0.25) is 0 Å². The van der Waals surface area contributed by atoms with Crippen molar-refractivity contribution in [3.8, 4) is 22.3 Å². The maximum atomic E-state index is 2.83. The van der Waals surface area contributed by atoms with Crippen LogP contribution in [-0.4, -0.2) is 6.88 Å². The van der Waals surface area contributed by atoms with E-state index in [2.05, 4.69) is 125 Å². The molecule has 2 unspecified atom stereocenters. The van der Waals surface area contributed by atoms with Gasteiger partial charge in [0.1, 0.15) is 0 Å². The summed E-state index contributed by atoms with van der Waals surface area (Å²) in [7, 11) is 0. The number of halogens is 2. The van der Waals surface area contributed by atoms with Gasteiger partial charge in [-0.2, -0.15) is 0 Å².